The lowest BCUT2D eigenvalue weighted by Crippen LogP contribution is -2.37. The molecule has 0 aliphatic rings. The van der Waals surface area contributed by atoms with E-state index in [-0.39, 0.29) is 11.7 Å². The molecule has 0 aliphatic carbocycles. The molecule has 0 fully saturated rings. The summed E-state index contributed by atoms with van der Waals surface area (Å²) in [5, 5.41) is 6.52. The van der Waals surface area contributed by atoms with E-state index in [1.165, 1.54) is 6.92 Å². The van der Waals surface area contributed by atoms with Gasteiger partial charge in [-0.05, 0) is 31.8 Å². The first kappa shape index (κ1) is 12.8. The zero-order chi connectivity index (χ0) is 12.1. The van der Waals surface area contributed by atoms with Gasteiger partial charge >= 0.3 is 0 Å². The van der Waals surface area contributed by atoms with Gasteiger partial charge in [-0.1, -0.05) is 17.8 Å². The van der Waals surface area contributed by atoms with Gasteiger partial charge in [-0.2, -0.15) is 0 Å². The number of ketones is 1. The average Bonchev–Trinajstić information content (AvgIpc) is 2.66. The highest BCUT2D eigenvalue weighted by Gasteiger charge is 2.18. The smallest absolute Gasteiger partial charge is 0.265 e. The number of carbonyl (C=O) groups is 2. The third-order valence-electron chi connectivity index (χ3n) is 2.21. The molecule has 1 rings (SSSR count). The fraction of sp³-hybridized carbons (Fsp3) is 0.600. The summed E-state index contributed by atoms with van der Waals surface area (Å²) in [6.07, 6.45) is 1.64. The summed E-state index contributed by atoms with van der Waals surface area (Å²) < 4.78 is 3.76. The predicted molar refractivity (Wildman–Crippen MR) is 61.5 cm³/mol. The third-order valence-corrected chi connectivity index (χ3v) is 2.97. The topological polar surface area (TPSA) is 72.0 Å². The van der Waals surface area contributed by atoms with E-state index >= 15 is 0 Å². The Labute approximate surface area is 98.4 Å². The molecule has 0 bridgehead atoms. The van der Waals surface area contributed by atoms with Crippen molar-refractivity contribution in [2.75, 3.05) is 0 Å². The number of hydrogen-bond donors (Lipinski definition) is 1. The molecule has 0 spiro atoms. The molecule has 0 aliphatic heterocycles. The Morgan fingerprint density at radius 1 is 1.50 bits per heavy atom. The highest BCUT2D eigenvalue weighted by Crippen LogP contribution is 2.12. The van der Waals surface area contributed by atoms with Crippen LogP contribution in [-0.4, -0.2) is 27.3 Å². The molecular formula is C10H15N3O2S. The summed E-state index contributed by atoms with van der Waals surface area (Å²) in [4.78, 5) is 23.3. The zero-order valence-electron chi connectivity index (χ0n) is 9.61. The van der Waals surface area contributed by atoms with E-state index in [1.54, 1.807) is 6.92 Å². The molecule has 1 aromatic heterocycles. The number of hydrogen-bond acceptors (Lipinski definition) is 5. The Kier molecular flexibility index (Phi) is 4.54. The van der Waals surface area contributed by atoms with Gasteiger partial charge in [0.25, 0.3) is 5.91 Å². The van der Waals surface area contributed by atoms with Gasteiger partial charge in [-0.25, -0.2) is 0 Å². The lowest BCUT2D eigenvalue weighted by Gasteiger charge is -2.09. The van der Waals surface area contributed by atoms with Crippen LogP contribution in [-0.2, 0) is 11.2 Å². The summed E-state index contributed by atoms with van der Waals surface area (Å²) in [6.45, 7) is 5.12. The molecule has 16 heavy (non-hydrogen) atoms. The first-order valence-electron chi connectivity index (χ1n) is 5.18. The lowest BCUT2D eigenvalue weighted by molar-refractivity contribution is -0.118. The number of rotatable bonds is 5. The molecular weight excluding hydrogens is 226 g/mol. The van der Waals surface area contributed by atoms with Crippen molar-refractivity contribution in [3.05, 3.63) is 10.6 Å². The Morgan fingerprint density at radius 3 is 2.75 bits per heavy atom. The summed E-state index contributed by atoms with van der Waals surface area (Å²) in [5.41, 5.74) is 0.709. The van der Waals surface area contributed by atoms with Crippen LogP contribution in [0.15, 0.2) is 0 Å². The van der Waals surface area contributed by atoms with Crippen LogP contribution in [0.5, 0.6) is 0 Å². The number of carbonyl (C=O) groups excluding carboxylic acids is 2. The van der Waals surface area contributed by atoms with Crippen molar-refractivity contribution in [2.45, 2.75) is 39.7 Å². The van der Waals surface area contributed by atoms with Crippen LogP contribution in [0.3, 0.4) is 0 Å². The molecule has 6 heteroatoms. The van der Waals surface area contributed by atoms with Crippen LogP contribution in [0.2, 0.25) is 0 Å². The van der Waals surface area contributed by atoms with Gasteiger partial charge in [0.05, 0.1) is 11.7 Å². The van der Waals surface area contributed by atoms with Gasteiger partial charge in [0.1, 0.15) is 4.88 Å². The first-order valence-corrected chi connectivity index (χ1v) is 5.96. The second kappa shape index (κ2) is 5.69. The summed E-state index contributed by atoms with van der Waals surface area (Å²) in [7, 11) is 0. The van der Waals surface area contributed by atoms with Crippen molar-refractivity contribution in [3.63, 3.8) is 0 Å². The van der Waals surface area contributed by atoms with E-state index in [1.807, 2.05) is 6.92 Å². The number of nitrogens with zero attached hydrogens (tertiary/aromatic N) is 2. The maximum absolute atomic E-state index is 11.8. The normalized spacial score (nSPS) is 12.2. The van der Waals surface area contributed by atoms with E-state index in [9.17, 15) is 9.59 Å². The van der Waals surface area contributed by atoms with Gasteiger partial charge in [0, 0.05) is 0 Å². The summed E-state index contributed by atoms with van der Waals surface area (Å²) in [6, 6.07) is -0.468. The number of aromatic nitrogens is 2. The maximum Gasteiger partial charge on any atom is 0.265 e. The Morgan fingerprint density at radius 2 is 2.19 bits per heavy atom. The largest absolute Gasteiger partial charge is 0.342 e. The van der Waals surface area contributed by atoms with Crippen molar-refractivity contribution in [3.8, 4) is 0 Å². The highest BCUT2D eigenvalue weighted by molar-refractivity contribution is 7.08. The molecule has 0 radical (unpaired) electrons. The first-order chi connectivity index (χ1) is 7.56. The SMILES string of the molecule is CCCc1nnsc1C(=O)NC(C)C(C)=O. The minimum absolute atomic E-state index is 0.0668. The maximum atomic E-state index is 11.8. The molecule has 0 saturated carbocycles. The quantitative estimate of drug-likeness (QED) is 0.840. The zero-order valence-corrected chi connectivity index (χ0v) is 10.4. The molecule has 88 valence electrons. The minimum atomic E-state index is -0.468. The molecule has 1 heterocycles. The standard InChI is InChI=1S/C10H15N3O2S/c1-4-5-8-9(16-13-12-8)10(15)11-6(2)7(3)14/h6H,4-5H2,1-3H3,(H,11,15). The van der Waals surface area contributed by atoms with E-state index in [4.69, 9.17) is 0 Å². The van der Waals surface area contributed by atoms with Gasteiger partial charge < -0.3 is 5.32 Å². The van der Waals surface area contributed by atoms with Crippen LogP contribution in [0, 0.1) is 0 Å². The molecule has 1 atom stereocenters. The van der Waals surface area contributed by atoms with Gasteiger partial charge in [-0.3, -0.25) is 9.59 Å². The van der Waals surface area contributed by atoms with E-state index in [0.29, 0.717) is 10.6 Å². The fourth-order valence-electron chi connectivity index (χ4n) is 1.15. The van der Waals surface area contributed by atoms with Crippen molar-refractivity contribution in [1.82, 2.24) is 14.9 Å². The van der Waals surface area contributed by atoms with E-state index in [2.05, 4.69) is 14.9 Å². The second-order valence-electron chi connectivity index (χ2n) is 3.60. The summed E-state index contributed by atoms with van der Waals surface area (Å²) >= 11 is 1.07. The number of nitrogens with one attached hydrogen (secondary N) is 1. The van der Waals surface area contributed by atoms with Gasteiger partial charge in [-0.15, -0.1) is 5.10 Å². The predicted octanol–water partition coefficient (Wildman–Crippen LogP) is 1.20. The van der Waals surface area contributed by atoms with Crippen molar-refractivity contribution >= 4 is 23.2 Å². The Balaban J connectivity index is 2.72. The number of aryl methyl sites for hydroxylation is 1. The van der Waals surface area contributed by atoms with Crippen molar-refractivity contribution in [1.29, 1.82) is 0 Å². The van der Waals surface area contributed by atoms with Crippen LogP contribution >= 0.6 is 11.5 Å². The second-order valence-corrected chi connectivity index (χ2v) is 4.36. The number of amides is 1. The number of Topliss-reactive ketones (excluding diaryl/α,β-unsaturated/α-hetero) is 1. The van der Waals surface area contributed by atoms with Crippen molar-refractivity contribution < 1.29 is 9.59 Å². The van der Waals surface area contributed by atoms with Crippen molar-refractivity contribution in [2.24, 2.45) is 0 Å². The Bertz CT molecular complexity index is 389. The van der Waals surface area contributed by atoms with Crippen LogP contribution in [0.25, 0.3) is 0 Å². The van der Waals surface area contributed by atoms with Crippen LogP contribution < -0.4 is 5.32 Å². The van der Waals surface area contributed by atoms with Crippen LogP contribution in [0.1, 0.15) is 42.6 Å². The Hall–Kier alpha value is -1.30. The molecule has 0 aromatic carbocycles. The van der Waals surface area contributed by atoms with Crippen LogP contribution in [0.4, 0.5) is 0 Å². The van der Waals surface area contributed by atoms with Gasteiger partial charge in [0.2, 0.25) is 0 Å². The molecule has 0 saturated heterocycles. The van der Waals surface area contributed by atoms with E-state index < -0.39 is 6.04 Å². The highest BCUT2D eigenvalue weighted by atomic mass is 32.1. The summed E-state index contributed by atoms with van der Waals surface area (Å²) in [5.74, 6) is -0.330. The molecule has 1 amide bonds. The lowest BCUT2D eigenvalue weighted by atomic mass is 10.2. The molecule has 5 nitrogen and oxygen atoms in total. The minimum Gasteiger partial charge on any atom is -0.342 e. The van der Waals surface area contributed by atoms with E-state index in [0.717, 1.165) is 24.4 Å². The molecule has 1 aromatic rings. The van der Waals surface area contributed by atoms with Gasteiger partial charge in [0.15, 0.2) is 5.78 Å². The molecule has 1 N–H and O–H groups in total. The third kappa shape index (κ3) is 3.10. The average molecular weight is 241 g/mol. The fourth-order valence-corrected chi connectivity index (χ4v) is 1.76. The monoisotopic (exact) mass is 241 g/mol. The molecule has 1 unspecified atom stereocenters.